The molecule has 0 saturated carbocycles. The molecule has 0 atom stereocenters. The summed E-state index contributed by atoms with van der Waals surface area (Å²) in [4.78, 5) is 33.9. The zero-order valence-corrected chi connectivity index (χ0v) is 17.0. The minimum atomic E-state index is -1.21. The molecule has 3 aromatic rings. The van der Waals surface area contributed by atoms with Gasteiger partial charge in [0.1, 0.15) is 11.2 Å². The number of aryl methyl sites for hydroxylation is 1. The number of thiophene rings is 1. The van der Waals surface area contributed by atoms with Crippen molar-refractivity contribution >= 4 is 39.1 Å². The van der Waals surface area contributed by atoms with Gasteiger partial charge >= 0.3 is 5.97 Å². The van der Waals surface area contributed by atoms with Crippen LogP contribution in [0, 0.1) is 6.92 Å². The summed E-state index contributed by atoms with van der Waals surface area (Å²) in [5.41, 5.74) is 0.626. The number of nitrogens with one attached hydrogen (secondary N) is 1. The Hall–Kier alpha value is -3.40. The van der Waals surface area contributed by atoms with Gasteiger partial charge in [0.25, 0.3) is 5.91 Å². The molecule has 0 aliphatic heterocycles. The number of carbonyl (C=O) groups excluding carboxylic acids is 1. The lowest BCUT2D eigenvalue weighted by Gasteiger charge is -2.13. The Balaban J connectivity index is 2.04. The number of ether oxygens (including phenoxy) is 3. The second-order valence-electron chi connectivity index (χ2n) is 5.86. The molecule has 0 fully saturated rings. The van der Waals surface area contributed by atoms with Crippen molar-refractivity contribution in [1.29, 1.82) is 0 Å². The minimum absolute atomic E-state index is 0.0909. The first-order valence-electron chi connectivity index (χ1n) is 8.58. The van der Waals surface area contributed by atoms with Crippen LogP contribution >= 0.6 is 11.3 Å². The number of aromatic nitrogens is 2. The molecular weight excluding hydrogens is 398 g/mol. The van der Waals surface area contributed by atoms with E-state index in [1.807, 2.05) is 6.92 Å². The minimum Gasteiger partial charge on any atom is -0.493 e. The summed E-state index contributed by atoms with van der Waals surface area (Å²) in [5.74, 6) is -0.730. The summed E-state index contributed by atoms with van der Waals surface area (Å²) in [6.07, 6.45) is 1.38. The molecule has 0 aliphatic carbocycles. The van der Waals surface area contributed by atoms with Crippen LogP contribution in [0.3, 0.4) is 0 Å². The number of nitrogens with zero attached hydrogens (tertiary/aromatic N) is 2. The van der Waals surface area contributed by atoms with E-state index in [4.69, 9.17) is 14.2 Å². The highest BCUT2D eigenvalue weighted by Crippen LogP contribution is 2.36. The number of methoxy groups -OCH3 is 2. The van der Waals surface area contributed by atoms with E-state index in [9.17, 15) is 14.7 Å². The molecule has 0 unspecified atom stereocenters. The van der Waals surface area contributed by atoms with Gasteiger partial charge in [0, 0.05) is 12.1 Å². The van der Waals surface area contributed by atoms with Gasteiger partial charge in [0.05, 0.1) is 42.3 Å². The fraction of sp³-hybridized carbons (Fsp3) is 0.263. The molecule has 1 amide bonds. The first-order valence-corrected chi connectivity index (χ1v) is 9.40. The first-order chi connectivity index (χ1) is 13.9. The van der Waals surface area contributed by atoms with Crippen LogP contribution in [0.1, 0.15) is 32.5 Å². The van der Waals surface area contributed by atoms with E-state index in [1.165, 1.54) is 44.0 Å². The highest BCUT2D eigenvalue weighted by molar-refractivity contribution is 7.20. The van der Waals surface area contributed by atoms with Gasteiger partial charge in [-0.1, -0.05) is 0 Å². The average Bonchev–Trinajstić information content (AvgIpc) is 3.05. The molecule has 2 aromatic heterocycles. The van der Waals surface area contributed by atoms with Gasteiger partial charge in [-0.15, -0.1) is 11.3 Å². The third kappa shape index (κ3) is 3.79. The summed E-state index contributed by atoms with van der Waals surface area (Å²) in [6, 6.07) is 2.71. The second kappa shape index (κ2) is 8.31. The number of anilines is 1. The van der Waals surface area contributed by atoms with Crippen LogP contribution in [0.15, 0.2) is 18.5 Å². The Kier molecular flexibility index (Phi) is 5.83. The molecule has 3 rings (SSSR count). The van der Waals surface area contributed by atoms with E-state index in [1.54, 1.807) is 6.92 Å². The van der Waals surface area contributed by atoms with Crippen molar-refractivity contribution in [3.05, 3.63) is 34.5 Å². The van der Waals surface area contributed by atoms with E-state index in [-0.39, 0.29) is 17.0 Å². The molecule has 0 saturated heterocycles. The molecule has 0 bridgehead atoms. The van der Waals surface area contributed by atoms with Crippen LogP contribution in [0.25, 0.3) is 10.2 Å². The Morgan fingerprint density at radius 2 is 1.86 bits per heavy atom. The van der Waals surface area contributed by atoms with E-state index in [0.29, 0.717) is 38.9 Å². The smallest absolute Gasteiger partial charge is 0.337 e. The lowest BCUT2D eigenvalue weighted by molar-refractivity contribution is 0.0697. The molecule has 1 aromatic carbocycles. The maximum absolute atomic E-state index is 12.9. The monoisotopic (exact) mass is 417 g/mol. The summed E-state index contributed by atoms with van der Waals surface area (Å²) in [6.45, 7) is 4.04. The van der Waals surface area contributed by atoms with Crippen LogP contribution in [0.5, 0.6) is 17.4 Å². The molecular formula is C19H19N3O6S. The Labute approximate surface area is 170 Å². The number of aromatic carboxylic acids is 1. The average molecular weight is 417 g/mol. The molecule has 9 nitrogen and oxygen atoms in total. The quantitative estimate of drug-likeness (QED) is 0.600. The van der Waals surface area contributed by atoms with Crippen LogP contribution in [-0.2, 0) is 0 Å². The molecule has 0 aliphatic rings. The summed E-state index contributed by atoms with van der Waals surface area (Å²) in [5, 5.41) is 12.8. The van der Waals surface area contributed by atoms with Gasteiger partial charge in [-0.2, -0.15) is 0 Å². The molecule has 152 valence electrons. The molecule has 2 heterocycles. The van der Waals surface area contributed by atoms with Gasteiger partial charge in [-0.05, 0) is 19.4 Å². The van der Waals surface area contributed by atoms with Crippen molar-refractivity contribution in [3.8, 4) is 17.4 Å². The van der Waals surface area contributed by atoms with Gasteiger partial charge in [0.15, 0.2) is 11.5 Å². The number of hydrogen-bond acceptors (Lipinski definition) is 8. The Morgan fingerprint density at radius 1 is 1.17 bits per heavy atom. The molecule has 29 heavy (non-hydrogen) atoms. The largest absolute Gasteiger partial charge is 0.493 e. The van der Waals surface area contributed by atoms with Crippen LogP contribution < -0.4 is 19.5 Å². The molecule has 2 N–H and O–H groups in total. The maximum Gasteiger partial charge on any atom is 0.337 e. The lowest BCUT2D eigenvalue weighted by atomic mass is 10.1. The fourth-order valence-electron chi connectivity index (χ4n) is 2.84. The predicted octanol–water partition coefficient (Wildman–Crippen LogP) is 3.37. The third-order valence-corrected chi connectivity index (χ3v) is 5.38. The van der Waals surface area contributed by atoms with E-state index in [0.717, 1.165) is 0 Å². The summed E-state index contributed by atoms with van der Waals surface area (Å²) < 4.78 is 15.9. The number of rotatable bonds is 7. The summed E-state index contributed by atoms with van der Waals surface area (Å²) >= 11 is 1.18. The zero-order chi connectivity index (χ0) is 21.1. The van der Waals surface area contributed by atoms with Gasteiger partial charge in [0.2, 0.25) is 5.88 Å². The normalized spacial score (nSPS) is 10.6. The fourth-order valence-corrected chi connectivity index (χ4v) is 3.88. The number of benzene rings is 1. The lowest BCUT2D eigenvalue weighted by Crippen LogP contribution is -2.15. The predicted molar refractivity (Wildman–Crippen MR) is 108 cm³/mol. The topological polar surface area (TPSA) is 120 Å². The highest BCUT2D eigenvalue weighted by Gasteiger charge is 2.23. The number of carbonyl (C=O) groups is 2. The number of fused-ring (bicyclic) bond motifs is 1. The Bertz CT molecular complexity index is 1100. The van der Waals surface area contributed by atoms with Crippen LogP contribution in [0.2, 0.25) is 0 Å². The number of hydrogen-bond donors (Lipinski definition) is 2. The van der Waals surface area contributed by atoms with Crippen molar-refractivity contribution in [1.82, 2.24) is 9.97 Å². The van der Waals surface area contributed by atoms with Crippen molar-refractivity contribution in [2.45, 2.75) is 13.8 Å². The van der Waals surface area contributed by atoms with Gasteiger partial charge in [-0.25, -0.2) is 14.8 Å². The molecule has 0 spiro atoms. The van der Waals surface area contributed by atoms with Crippen LogP contribution in [-0.4, -0.2) is 47.8 Å². The van der Waals surface area contributed by atoms with Gasteiger partial charge in [-0.3, -0.25) is 4.79 Å². The van der Waals surface area contributed by atoms with E-state index >= 15 is 0 Å². The van der Waals surface area contributed by atoms with Crippen molar-refractivity contribution in [3.63, 3.8) is 0 Å². The van der Waals surface area contributed by atoms with E-state index < -0.39 is 11.9 Å². The number of carboxylic acid groups (broad SMARTS) is 1. The standard InChI is InChI=1S/C19H19N3O6S/c1-5-28-17-14-9(2)15(29-18(14)21-8-20-17)16(23)22-11-7-13(27-4)12(26-3)6-10(11)19(24)25/h6-8H,5H2,1-4H3,(H,22,23)(H,24,25). The second-order valence-corrected chi connectivity index (χ2v) is 6.86. The van der Waals surface area contributed by atoms with Crippen molar-refractivity contribution in [2.24, 2.45) is 0 Å². The number of amides is 1. The zero-order valence-electron chi connectivity index (χ0n) is 16.2. The Morgan fingerprint density at radius 3 is 2.48 bits per heavy atom. The van der Waals surface area contributed by atoms with Crippen LogP contribution in [0.4, 0.5) is 5.69 Å². The molecule has 10 heteroatoms. The molecule has 0 radical (unpaired) electrons. The van der Waals surface area contributed by atoms with Crippen molar-refractivity contribution < 1.29 is 28.9 Å². The highest BCUT2D eigenvalue weighted by atomic mass is 32.1. The van der Waals surface area contributed by atoms with Crippen molar-refractivity contribution in [2.75, 3.05) is 26.1 Å². The number of carboxylic acids is 1. The van der Waals surface area contributed by atoms with E-state index in [2.05, 4.69) is 15.3 Å². The van der Waals surface area contributed by atoms with Gasteiger partial charge < -0.3 is 24.6 Å². The first kappa shape index (κ1) is 20.3. The third-order valence-electron chi connectivity index (χ3n) is 4.18. The summed E-state index contributed by atoms with van der Waals surface area (Å²) in [7, 11) is 2.83. The SMILES string of the molecule is CCOc1ncnc2sc(C(=O)Nc3cc(OC)c(OC)cc3C(=O)O)c(C)c12. The maximum atomic E-state index is 12.9.